The highest BCUT2D eigenvalue weighted by Gasteiger charge is 2.30. The van der Waals surface area contributed by atoms with E-state index in [0.29, 0.717) is 6.42 Å². The van der Waals surface area contributed by atoms with Gasteiger partial charge in [-0.3, -0.25) is 5.01 Å². The molecular formula is C23H19FN2O3. The van der Waals surface area contributed by atoms with Crippen molar-refractivity contribution in [2.24, 2.45) is 5.10 Å². The molecule has 1 aliphatic heterocycles. The molecule has 1 N–H and O–H groups in total. The number of aromatic carboxylic acids is 1. The Balaban J connectivity index is 1.71. The third kappa shape index (κ3) is 3.82. The van der Waals surface area contributed by atoms with Crippen molar-refractivity contribution in [3.63, 3.8) is 0 Å². The topological polar surface area (TPSA) is 62.1 Å². The molecule has 0 bridgehead atoms. The summed E-state index contributed by atoms with van der Waals surface area (Å²) in [4.78, 5) is 11.2. The fourth-order valence-electron chi connectivity index (χ4n) is 3.41. The first kappa shape index (κ1) is 18.7. The van der Waals surface area contributed by atoms with Gasteiger partial charge in [0.25, 0.3) is 0 Å². The number of anilines is 1. The van der Waals surface area contributed by atoms with Gasteiger partial charge in [-0.05, 0) is 71.8 Å². The van der Waals surface area contributed by atoms with Crippen LogP contribution < -0.4 is 9.75 Å². The standard InChI is InChI=1S/C23H19FN2O3/c1-29-20-12-6-15(7-13-20)21-14-22(16-2-8-18(24)9-3-16)26(25-21)19-10-4-17(5-11-19)23(27)28/h2-13,22H,14H2,1H3,(H,27,28). The minimum absolute atomic E-state index is 0.122. The Morgan fingerprint density at radius 3 is 2.28 bits per heavy atom. The first-order valence-electron chi connectivity index (χ1n) is 9.15. The Hall–Kier alpha value is -3.67. The van der Waals surface area contributed by atoms with Crippen molar-refractivity contribution in [2.75, 3.05) is 12.1 Å². The molecule has 0 fully saturated rings. The van der Waals surface area contributed by atoms with Crippen molar-refractivity contribution < 1.29 is 19.0 Å². The second-order valence-corrected chi connectivity index (χ2v) is 6.74. The van der Waals surface area contributed by atoms with E-state index in [-0.39, 0.29) is 17.4 Å². The quantitative estimate of drug-likeness (QED) is 0.674. The highest BCUT2D eigenvalue weighted by molar-refractivity contribution is 6.03. The van der Waals surface area contributed by atoms with Gasteiger partial charge >= 0.3 is 5.97 Å². The summed E-state index contributed by atoms with van der Waals surface area (Å²) in [6.45, 7) is 0. The van der Waals surface area contributed by atoms with Gasteiger partial charge in [0.05, 0.1) is 30.1 Å². The van der Waals surface area contributed by atoms with Gasteiger partial charge in [0.2, 0.25) is 0 Å². The van der Waals surface area contributed by atoms with Crippen molar-refractivity contribution in [3.05, 3.63) is 95.3 Å². The van der Waals surface area contributed by atoms with Crippen LogP contribution in [-0.2, 0) is 0 Å². The van der Waals surface area contributed by atoms with Crippen LogP contribution in [-0.4, -0.2) is 23.9 Å². The maximum Gasteiger partial charge on any atom is 0.335 e. The van der Waals surface area contributed by atoms with E-state index in [1.54, 1.807) is 43.5 Å². The number of carboxylic acids is 1. The zero-order chi connectivity index (χ0) is 20.4. The second kappa shape index (κ2) is 7.75. The number of halogens is 1. The van der Waals surface area contributed by atoms with Gasteiger partial charge in [0.1, 0.15) is 11.6 Å². The third-order valence-electron chi connectivity index (χ3n) is 4.97. The van der Waals surface area contributed by atoms with Crippen LogP contribution >= 0.6 is 0 Å². The average Bonchev–Trinajstić information content (AvgIpc) is 3.20. The Morgan fingerprint density at radius 1 is 1.03 bits per heavy atom. The zero-order valence-corrected chi connectivity index (χ0v) is 15.7. The smallest absolute Gasteiger partial charge is 0.335 e. The van der Waals surface area contributed by atoms with Crippen LogP contribution in [0, 0.1) is 5.82 Å². The molecule has 3 aromatic rings. The van der Waals surface area contributed by atoms with Crippen LogP contribution in [0.2, 0.25) is 0 Å². The predicted molar refractivity (Wildman–Crippen MR) is 109 cm³/mol. The highest BCUT2D eigenvalue weighted by atomic mass is 19.1. The number of hydrazone groups is 1. The Bertz CT molecular complexity index is 1040. The Kier molecular flexibility index (Phi) is 4.99. The lowest BCUT2D eigenvalue weighted by Gasteiger charge is -2.24. The van der Waals surface area contributed by atoms with Crippen LogP contribution in [0.5, 0.6) is 5.75 Å². The number of carbonyl (C=O) groups is 1. The number of hydrogen-bond donors (Lipinski definition) is 1. The van der Waals surface area contributed by atoms with Gasteiger partial charge in [-0.2, -0.15) is 5.10 Å². The molecular weight excluding hydrogens is 371 g/mol. The molecule has 146 valence electrons. The second-order valence-electron chi connectivity index (χ2n) is 6.74. The molecule has 0 aromatic heterocycles. The Labute approximate surface area is 167 Å². The van der Waals surface area contributed by atoms with Crippen molar-refractivity contribution >= 4 is 17.4 Å². The van der Waals surface area contributed by atoms with Crippen LogP contribution in [0.3, 0.4) is 0 Å². The van der Waals surface area contributed by atoms with Gasteiger partial charge < -0.3 is 9.84 Å². The molecule has 0 saturated heterocycles. The summed E-state index contributed by atoms with van der Waals surface area (Å²) in [5.41, 5.74) is 3.78. The van der Waals surface area contributed by atoms with Crippen LogP contribution in [0.4, 0.5) is 10.1 Å². The summed E-state index contributed by atoms with van der Waals surface area (Å²) in [5, 5.41) is 15.8. The largest absolute Gasteiger partial charge is 0.497 e. The number of ether oxygens (including phenoxy) is 1. The number of nitrogens with zero attached hydrogens (tertiary/aromatic N) is 2. The number of hydrogen-bond acceptors (Lipinski definition) is 4. The van der Waals surface area contributed by atoms with Crippen molar-refractivity contribution in [2.45, 2.75) is 12.5 Å². The first-order chi connectivity index (χ1) is 14.0. The lowest BCUT2D eigenvalue weighted by Crippen LogP contribution is -2.18. The molecule has 1 atom stereocenters. The molecule has 0 spiro atoms. The van der Waals surface area contributed by atoms with E-state index in [2.05, 4.69) is 0 Å². The highest BCUT2D eigenvalue weighted by Crippen LogP contribution is 2.37. The number of methoxy groups -OCH3 is 1. The summed E-state index contributed by atoms with van der Waals surface area (Å²) in [6.07, 6.45) is 0.638. The molecule has 4 rings (SSSR count). The van der Waals surface area contributed by atoms with Crippen LogP contribution in [0.25, 0.3) is 0 Å². The number of carboxylic acid groups (broad SMARTS) is 1. The van der Waals surface area contributed by atoms with E-state index in [1.165, 1.54) is 12.1 Å². The first-order valence-corrected chi connectivity index (χ1v) is 9.15. The number of rotatable bonds is 5. The lowest BCUT2D eigenvalue weighted by atomic mass is 9.98. The van der Waals surface area contributed by atoms with E-state index in [4.69, 9.17) is 14.9 Å². The van der Waals surface area contributed by atoms with Crippen molar-refractivity contribution in [1.82, 2.24) is 0 Å². The average molecular weight is 390 g/mol. The fraction of sp³-hybridized carbons (Fsp3) is 0.130. The minimum atomic E-state index is -0.976. The van der Waals surface area contributed by atoms with E-state index in [9.17, 15) is 9.18 Å². The van der Waals surface area contributed by atoms with Crippen LogP contribution in [0.1, 0.15) is 33.9 Å². The van der Waals surface area contributed by atoms with Gasteiger partial charge in [0.15, 0.2) is 0 Å². The van der Waals surface area contributed by atoms with Crippen LogP contribution in [0.15, 0.2) is 77.9 Å². The third-order valence-corrected chi connectivity index (χ3v) is 4.97. The van der Waals surface area contributed by atoms with E-state index < -0.39 is 5.97 Å². The molecule has 1 heterocycles. The molecule has 1 unspecified atom stereocenters. The molecule has 0 radical (unpaired) electrons. The summed E-state index contributed by atoms with van der Waals surface area (Å²) < 4.78 is 18.6. The number of benzene rings is 3. The normalized spacial score (nSPS) is 15.9. The molecule has 0 saturated carbocycles. The van der Waals surface area contributed by atoms with E-state index >= 15 is 0 Å². The molecule has 1 aliphatic rings. The van der Waals surface area contributed by atoms with Gasteiger partial charge in [0, 0.05) is 6.42 Å². The summed E-state index contributed by atoms with van der Waals surface area (Å²) in [7, 11) is 1.62. The molecule has 0 amide bonds. The predicted octanol–water partition coefficient (Wildman–Crippen LogP) is 4.89. The minimum Gasteiger partial charge on any atom is -0.497 e. The molecule has 0 aliphatic carbocycles. The molecule has 5 nitrogen and oxygen atoms in total. The van der Waals surface area contributed by atoms with Gasteiger partial charge in [-0.15, -0.1) is 0 Å². The summed E-state index contributed by atoms with van der Waals surface area (Å²) in [5.74, 6) is -0.501. The zero-order valence-electron chi connectivity index (χ0n) is 15.7. The fourth-order valence-corrected chi connectivity index (χ4v) is 3.41. The van der Waals surface area contributed by atoms with Gasteiger partial charge in [-0.1, -0.05) is 12.1 Å². The van der Waals surface area contributed by atoms with Crippen molar-refractivity contribution in [3.8, 4) is 5.75 Å². The maximum atomic E-state index is 13.4. The molecule has 6 heteroatoms. The monoisotopic (exact) mass is 390 g/mol. The maximum absolute atomic E-state index is 13.4. The van der Waals surface area contributed by atoms with Gasteiger partial charge in [-0.25, -0.2) is 9.18 Å². The SMILES string of the molecule is COc1ccc(C2=NN(c3ccc(C(=O)O)cc3)C(c3ccc(F)cc3)C2)cc1. The summed E-state index contributed by atoms with van der Waals surface area (Å²) in [6, 6.07) is 20.5. The Morgan fingerprint density at radius 2 is 1.69 bits per heavy atom. The van der Waals surface area contributed by atoms with E-state index in [0.717, 1.165) is 28.3 Å². The lowest BCUT2D eigenvalue weighted by molar-refractivity contribution is 0.0697. The molecule has 29 heavy (non-hydrogen) atoms. The van der Waals surface area contributed by atoms with Crippen molar-refractivity contribution in [1.29, 1.82) is 0 Å². The van der Waals surface area contributed by atoms with E-state index in [1.807, 2.05) is 29.3 Å². The summed E-state index contributed by atoms with van der Waals surface area (Å²) >= 11 is 0. The molecule has 3 aromatic carbocycles.